The van der Waals surface area contributed by atoms with Crippen LogP contribution in [0.1, 0.15) is 40.0 Å². The van der Waals surface area contributed by atoms with Crippen molar-refractivity contribution < 1.29 is 42.4 Å². The van der Waals surface area contributed by atoms with Crippen LogP contribution < -0.4 is 9.46 Å². The van der Waals surface area contributed by atoms with Gasteiger partial charge in [0.05, 0.1) is 29.7 Å². The first kappa shape index (κ1) is 29.0. The summed E-state index contributed by atoms with van der Waals surface area (Å²) in [4.78, 5) is 27.2. The number of ether oxygens (including phenoxy) is 3. The molecule has 0 aromatic heterocycles. The number of carbonyl (C=O) groups is 2. The molecule has 2 fully saturated rings. The zero-order valence-corrected chi connectivity index (χ0v) is 22.5. The van der Waals surface area contributed by atoms with Crippen LogP contribution in [0.25, 0.3) is 0 Å². The molecule has 2 amide bonds. The molecule has 0 aliphatic carbocycles. The van der Waals surface area contributed by atoms with Gasteiger partial charge < -0.3 is 34.2 Å². The van der Waals surface area contributed by atoms with Crippen molar-refractivity contribution in [3.63, 3.8) is 0 Å². The van der Waals surface area contributed by atoms with E-state index in [0.717, 1.165) is 0 Å². The Labute approximate surface area is 217 Å². The van der Waals surface area contributed by atoms with E-state index in [1.807, 2.05) is 0 Å². The Bertz CT molecular complexity index is 1070. The van der Waals surface area contributed by atoms with Gasteiger partial charge in [0.2, 0.25) is 10.0 Å². The number of likely N-dealkylation sites (tertiary alicyclic amines) is 1. The lowest BCUT2D eigenvalue weighted by Crippen LogP contribution is -2.50. The highest BCUT2D eigenvalue weighted by Gasteiger charge is 2.47. The molecule has 37 heavy (non-hydrogen) atoms. The number of nitrogens with one attached hydrogen (secondary N) is 1. The number of hydrogen-bond donors (Lipinski definition) is 3. The van der Waals surface area contributed by atoms with Gasteiger partial charge in [0.1, 0.15) is 24.1 Å². The Morgan fingerprint density at radius 3 is 2.57 bits per heavy atom. The second kappa shape index (κ2) is 11.4. The predicted octanol–water partition coefficient (Wildman–Crippen LogP) is 1.87. The lowest BCUT2D eigenvalue weighted by molar-refractivity contribution is -0.0407. The summed E-state index contributed by atoms with van der Waals surface area (Å²) in [5.41, 5.74) is -1.28. The van der Waals surface area contributed by atoms with Crippen molar-refractivity contribution in [3.05, 3.63) is 24.3 Å². The summed E-state index contributed by atoms with van der Waals surface area (Å²) in [6.45, 7) is 5.93. The fourth-order valence-corrected chi connectivity index (χ4v) is 5.25. The van der Waals surface area contributed by atoms with Gasteiger partial charge in [-0.15, -0.1) is 0 Å². The lowest BCUT2D eigenvalue weighted by atomic mass is 9.87. The maximum atomic E-state index is 13.1. The van der Waals surface area contributed by atoms with Gasteiger partial charge in [-0.1, -0.05) is 6.07 Å². The number of nitrogens with zero attached hydrogens (tertiary/aromatic N) is 2. The molecule has 1 aromatic carbocycles. The van der Waals surface area contributed by atoms with Gasteiger partial charge in [-0.25, -0.2) is 22.7 Å². The summed E-state index contributed by atoms with van der Waals surface area (Å²) in [6.07, 6.45) is -1.11. The normalized spacial score (nSPS) is 20.5. The molecule has 13 heteroatoms. The first-order valence-electron chi connectivity index (χ1n) is 12.2. The molecule has 208 valence electrons. The number of rotatable bonds is 8. The molecule has 2 saturated heterocycles. The molecular weight excluding hydrogens is 506 g/mol. The van der Waals surface area contributed by atoms with Gasteiger partial charge >= 0.3 is 12.2 Å². The Kier molecular flexibility index (Phi) is 8.93. The smallest absolute Gasteiger partial charge is 0.410 e. The molecule has 3 rings (SSSR count). The third-order valence-corrected chi connectivity index (χ3v) is 7.85. The molecule has 2 aliphatic heterocycles. The summed E-state index contributed by atoms with van der Waals surface area (Å²) in [5, 5.41) is 20.0. The molecule has 1 aromatic rings. The monoisotopic (exact) mass is 543 g/mol. The number of piperidine rings is 1. The summed E-state index contributed by atoms with van der Waals surface area (Å²) < 4.78 is 43.6. The Morgan fingerprint density at radius 2 is 1.97 bits per heavy atom. The minimum Gasteiger partial charge on any atom is -0.491 e. The maximum Gasteiger partial charge on any atom is 0.410 e. The van der Waals surface area contributed by atoms with Crippen molar-refractivity contribution in [2.75, 3.05) is 39.9 Å². The van der Waals surface area contributed by atoms with Gasteiger partial charge in [-0.3, -0.25) is 0 Å². The third kappa shape index (κ3) is 7.69. The molecule has 0 bridgehead atoms. The summed E-state index contributed by atoms with van der Waals surface area (Å²) in [6, 6.07) is 5.51. The number of aliphatic hydroxyl groups excluding tert-OH is 1. The summed E-state index contributed by atoms with van der Waals surface area (Å²) in [7, 11) is -2.34. The molecule has 12 nitrogen and oxygen atoms in total. The Morgan fingerprint density at radius 1 is 1.30 bits per heavy atom. The van der Waals surface area contributed by atoms with Crippen LogP contribution in [0.2, 0.25) is 0 Å². The number of amides is 2. The minimum absolute atomic E-state index is 0.0275. The van der Waals surface area contributed by atoms with Crippen LogP contribution in [-0.4, -0.2) is 104 Å². The average Bonchev–Trinajstić information content (AvgIpc) is 3.23. The second-order valence-corrected chi connectivity index (χ2v) is 12.3. The molecule has 1 spiro atoms. The highest BCUT2D eigenvalue weighted by atomic mass is 32.2. The van der Waals surface area contributed by atoms with Crippen molar-refractivity contribution >= 4 is 22.2 Å². The summed E-state index contributed by atoms with van der Waals surface area (Å²) >= 11 is 0. The average molecular weight is 544 g/mol. The van der Waals surface area contributed by atoms with Crippen LogP contribution in [0.5, 0.6) is 5.75 Å². The fourth-order valence-electron chi connectivity index (χ4n) is 4.49. The summed E-state index contributed by atoms with van der Waals surface area (Å²) in [5.74, 6) is 0.257. The topological polar surface area (TPSA) is 155 Å². The van der Waals surface area contributed by atoms with E-state index in [1.165, 1.54) is 35.0 Å². The quantitative estimate of drug-likeness (QED) is 0.446. The van der Waals surface area contributed by atoms with Crippen LogP contribution in [0.3, 0.4) is 0 Å². The van der Waals surface area contributed by atoms with Gasteiger partial charge in [0.25, 0.3) is 0 Å². The number of aliphatic hydroxyl groups is 1. The third-order valence-electron chi connectivity index (χ3n) is 6.44. The van der Waals surface area contributed by atoms with Crippen molar-refractivity contribution in [1.29, 1.82) is 0 Å². The number of hydrogen-bond acceptors (Lipinski definition) is 8. The van der Waals surface area contributed by atoms with E-state index in [9.17, 15) is 28.2 Å². The molecular formula is C24H37N3O9S. The van der Waals surface area contributed by atoms with Gasteiger partial charge in [0, 0.05) is 19.2 Å². The molecule has 0 saturated carbocycles. The van der Waals surface area contributed by atoms with Crippen LogP contribution in [-0.2, 0) is 19.5 Å². The largest absolute Gasteiger partial charge is 0.491 e. The fraction of sp³-hybridized carbons (Fsp3) is 0.667. The van der Waals surface area contributed by atoms with Crippen LogP contribution in [0.4, 0.5) is 9.59 Å². The second-order valence-electron chi connectivity index (χ2n) is 10.4. The molecule has 0 radical (unpaired) electrons. The first-order valence-corrected chi connectivity index (χ1v) is 13.7. The van der Waals surface area contributed by atoms with Crippen LogP contribution in [0, 0.1) is 0 Å². The molecule has 2 atom stereocenters. The number of carbonyl (C=O) groups excluding carboxylic acids is 1. The van der Waals surface area contributed by atoms with Crippen molar-refractivity contribution in [3.8, 4) is 5.75 Å². The van der Waals surface area contributed by atoms with Gasteiger partial charge in [-0.2, -0.15) is 0 Å². The first-order chi connectivity index (χ1) is 17.2. The Balaban J connectivity index is 1.66. The minimum atomic E-state index is -3.65. The van der Waals surface area contributed by atoms with E-state index in [-0.39, 0.29) is 36.4 Å². The van der Waals surface area contributed by atoms with Crippen molar-refractivity contribution in [1.82, 2.24) is 14.5 Å². The number of sulfonamides is 1. The highest BCUT2D eigenvalue weighted by molar-refractivity contribution is 7.89. The van der Waals surface area contributed by atoms with Gasteiger partial charge in [0.15, 0.2) is 0 Å². The number of benzene rings is 1. The highest BCUT2D eigenvalue weighted by Crippen LogP contribution is 2.38. The van der Waals surface area contributed by atoms with Crippen LogP contribution in [0.15, 0.2) is 29.2 Å². The number of carboxylic acid groups (broad SMARTS) is 1. The van der Waals surface area contributed by atoms with Crippen molar-refractivity contribution in [2.45, 2.75) is 68.3 Å². The van der Waals surface area contributed by atoms with E-state index in [2.05, 4.69) is 4.72 Å². The Hall–Kier alpha value is -2.61. The van der Waals surface area contributed by atoms with E-state index in [4.69, 9.17) is 14.2 Å². The zero-order valence-electron chi connectivity index (χ0n) is 21.7. The lowest BCUT2D eigenvalue weighted by Gasteiger charge is -2.38. The van der Waals surface area contributed by atoms with Gasteiger partial charge in [-0.05, 0) is 59.2 Å². The molecule has 3 N–H and O–H groups in total. The standard InChI is InChI=1S/C24H37N3O9S/c1-23(2,3)36-22(31)27(17-13-24(35-15-17)8-10-26(11-9-24)21(29)30)14-18(28)16-34-19-6-5-7-20(12-19)37(32,33)25-4/h5-7,12,17-18,25,28H,8-11,13-16H2,1-4H3,(H,29,30)/t17-,18?/m1/s1. The maximum absolute atomic E-state index is 13.1. The predicted molar refractivity (Wildman–Crippen MR) is 133 cm³/mol. The van der Waals surface area contributed by atoms with Crippen molar-refractivity contribution in [2.24, 2.45) is 0 Å². The van der Waals surface area contributed by atoms with Crippen LogP contribution >= 0.6 is 0 Å². The van der Waals surface area contributed by atoms with E-state index < -0.39 is 39.5 Å². The van der Waals surface area contributed by atoms with E-state index >= 15 is 0 Å². The van der Waals surface area contributed by atoms with E-state index in [0.29, 0.717) is 32.4 Å². The SMILES string of the molecule is CNS(=O)(=O)c1cccc(OCC(O)CN(C(=O)OC(C)(C)C)[C@H]2COC3(CCN(C(=O)O)CC3)C2)c1. The molecule has 2 aliphatic rings. The molecule has 1 unspecified atom stereocenters. The zero-order chi connectivity index (χ0) is 27.4. The molecule has 2 heterocycles. The van der Waals surface area contributed by atoms with E-state index in [1.54, 1.807) is 26.8 Å².